The monoisotopic (exact) mass is 218 g/mol. The van der Waals surface area contributed by atoms with Crippen LogP contribution in [0.2, 0.25) is 0 Å². The van der Waals surface area contributed by atoms with Crippen LogP contribution in [0.3, 0.4) is 0 Å². The molecule has 2 N–H and O–H groups in total. The average molecular weight is 218 g/mol. The fourth-order valence-electron chi connectivity index (χ4n) is 2.12. The minimum atomic E-state index is -0.401. The highest BCUT2D eigenvalue weighted by atomic mass is 16.4. The van der Waals surface area contributed by atoms with Gasteiger partial charge in [-0.05, 0) is 42.9 Å². The highest BCUT2D eigenvalue weighted by Crippen LogP contribution is 2.27. The lowest BCUT2D eigenvalue weighted by atomic mass is 9.90. The lowest BCUT2D eigenvalue weighted by molar-refractivity contribution is -0.110. The molecule has 2 rings (SSSR count). The highest BCUT2D eigenvalue weighted by Gasteiger charge is 2.13. The molecule has 1 aromatic carbocycles. The van der Waals surface area contributed by atoms with Crippen LogP contribution in [-0.2, 0) is 17.6 Å². The maximum absolute atomic E-state index is 11.3. The Morgan fingerprint density at radius 1 is 1.38 bits per heavy atom. The molecule has 0 radical (unpaired) electrons. The van der Waals surface area contributed by atoms with E-state index in [1.54, 1.807) is 0 Å². The molecule has 1 amide bonds. The third-order valence-corrected chi connectivity index (χ3v) is 2.83. The van der Waals surface area contributed by atoms with Crippen molar-refractivity contribution < 1.29 is 10.0 Å². The number of nitrogens with zero attached hydrogens (tertiary/aromatic N) is 1. The third-order valence-electron chi connectivity index (χ3n) is 2.83. The Labute approximate surface area is 94.0 Å². The van der Waals surface area contributed by atoms with Crippen LogP contribution in [0.25, 0.3) is 0 Å². The van der Waals surface area contributed by atoms with Gasteiger partial charge < -0.3 is 10.5 Å². The Morgan fingerprint density at radius 3 is 3.00 bits per heavy atom. The van der Waals surface area contributed by atoms with E-state index in [4.69, 9.17) is 5.21 Å². The van der Waals surface area contributed by atoms with E-state index in [0.29, 0.717) is 0 Å². The molecule has 1 aliphatic rings. The molecule has 0 aliphatic heterocycles. The summed E-state index contributed by atoms with van der Waals surface area (Å²) in [6.07, 6.45) is 5.31. The number of carbonyl (C=O) groups excluding carboxylic acids is 1. The molecule has 0 fully saturated rings. The zero-order valence-electron chi connectivity index (χ0n) is 8.94. The molecule has 0 bridgehead atoms. The summed E-state index contributed by atoms with van der Waals surface area (Å²) < 4.78 is 0. The average Bonchev–Trinajstić information content (AvgIpc) is 2.30. The van der Waals surface area contributed by atoms with Crippen molar-refractivity contribution in [3.8, 4) is 0 Å². The van der Waals surface area contributed by atoms with Gasteiger partial charge in [0.1, 0.15) is 6.21 Å². The number of amides is 1. The van der Waals surface area contributed by atoms with Gasteiger partial charge in [-0.3, -0.25) is 4.79 Å². The summed E-state index contributed by atoms with van der Waals surface area (Å²) in [6.45, 7) is 0. The van der Waals surface area contributed by atoms with E-state index in [9.17, 15) is 4.79 Å². The van der Waals surface area contributed by atoms with Crippen LogP contribution in [0.15, 0.2) is 23.4 Å². The molecule has 4 heteroatoms. The van der Waals surface area contributed by atoms with E-state index >= 15 is 0 Å². The van der Waals surface area contributed by atoms with Crippen molar-refractivity contribution in [1.82, 2.24) is 0 Å². The Kier molecular flexibility index (Phi) is 3.19. The van der Waals surface area contributed by atoms with Crippen LogP contribution in [0.1, 0.15) is 24.0 Å². The molecular weight excluding hydrogens is 204 g/mol. The second-order valence-electron chi connectivity index (χ2n) is 3.88. The van der Waals surface area contributed by atoms with Crippen molar-refractivity contribution in [2.75, 3.05) is 5.32 Å². The lowest BCUT2D eigenvalue weighted by Gasteiger charge is -2.19. The van der Waals surface area contributed by atoms with Gasteiger partial charge in [0.05, 0.1) is 0 Å². The van der Waals surface area contributed by atoms with Crippen molar-refractivity contribution in [3.63, 3.8) is 0 Å². The largest absolute Gasteiger partial charge is 0.411 e. The molecule has 84 valence electrons. The first kappa shape index (κ1) is 10.7. The molecule has 0 aromatic heterocycles. The summed E-state index contributed by atoms with van der Waals surface area (Å²) in [5, 5.41) is 13.7. The fourth-order valence-corrected chi connectivity index (χ4v) is 2.12. The Hall–Kier alpha value is -1.84. The van der Waals surface area contributed by atoms with Crippen LogP contribution in [-0.4, -0.2) is 17.3 Å². The molecule has 0 spiro atoms. The van der Waals surface area contributed by atoms with Gasteiger partial charge in [-0.25, -0.2) is 0 Å². The normalized spacial score (nSPS) is 14.8. The van der Waals surface area contributed by atoms with Crippen LogP contribution >= 0.6 is 0 Å². The minimum Gasteiger partial charge on any atom is -0.411 e. The molecule has 0 atom stereocenters. The molecule has 0 saturated carbocycles. The molecule has 1 aromatic rings. The number of rotatable bonds is 2. The molecule has 0 heterocycles. The number of anilines is 1. The van der Waals surface area contributed by atoms with E-state index in [1.807, 2.05) is 12.1 Å². The second-order valence-corrected chi connectivity index (χ2v) is 3.88. The van der Waals surface area contributed by atoms with Crippen LogP contribution in [0.4, 0.5) is 5.69 Å². The summed E-state index contributed by atoms with van der Waals surface area (Å²) in [4.78, 5) is 11.3. The first-order valence-electron chi connectivity index (χ1n) is 5.40. The third kappa shape index (κ3) is 2.21. The molecule has 4 nitrogen and oxygen atoms in total. The number of hydrogen-bond donors (Lipinski definition) is 2. The lowest BCUT2D eigenvalue weighted by Crippen LogP contribution is -2.16. The summed E-state index contributed by atoms with van der Waals surface area (Å²) in [5.74, 6) is -0.401. The van der Waals surface area contributed by atoms with Gasteiger partial charge in [-0.2, -0.15) is 0 Å². The Balaban J connectivity index is 2.24. The van der Waals surface area contributed by atoms with Crippen molar-refractivity contribution in [3.05, 3.63) is 29.3 Å². The van der Waals surface area contributed by atoms with Crippen LogP contribution in [0, 0.1) is 0 Å². The number of carbonyl (C=O) groups is 1. The number of nitrogens with one attached hydrogen (secondary N) is 1. The van der Waals surface area contributed by atoms with Crippen LogP contribution < -0.4 is 5.32 Å². The zero-order valence-corrected chi connectivity index (χ0v) is 8.94. The predicted octanol–water partition coefficient (Wildman–Crippen LogP) is 1.96. The van der Waals surface area contributed by atoms with Crippen molar-refractivity contribution >= 4 is 17.8 Å². The number of hydrogen-bond acceptors (Lipinski definition) is 3. The van der Waals surface area contributed by atoms with Gasteiger partial charge in [0, 0.05) is 5.69 Å². The fraction of sp³-hybridized carbons (Fsp3) is 0.333. The first-order chi connectivity index (χ1) is 7.81. The van der Waals surface area contributed by atoms with Gasteiger partial charge in [-0.15, -0.1) is 0 Å². The van der Waals surface area contributed by atoms with E-state index in [-0.39, 0.29) is 0 Å². The first-order valence-corrected chi connectivity index (χ1v) is 5.40. The molecule has 1 aliphatic carbocycles. The van der Waals surface area contributed by atoms with E-state index < -0.39 is 5.91 Å². The maximum atomic E-state index is 11.3. The van der Waals surface area contributed by atoms with E-state index in [1.165, 1.54) is 17.5 Å². The van der Waals surface area contributed by atoms with Gasteiger partial charge >= 0.3 is 0 Å². The summed E-state index contributed by atoms with van der Waals surface area (Å²) in [5.41, 5.74) is 3.36. The van der Waals surface area contributed by atoms with Gasteiger partial charge in [0.25, 0.3) is 5.91 Å². The smallest absolute Gasteiger partial charge is 0.270 e. The van der Waals surface area contributed by atoms with Gasteiger partial charge in [-0.1, -0.05) is 17.3 Å². The second kappa shape index (κ2) is 4.79. The predicted molar refractivity (Wildman–Crippen MR) is 62.0 cm³/mol. The molecule has 0 unspecified atom stereocenters. The van der Waals surface area contributed by atoms with E-state index in [2.05, 4.69) is 16.5 Å². The quantitative estimate of drug-likeness (QED) is 0.453. The standard InChI is InChI=1S/C12H14N2O2/c15-12(8-13-16)14-11-7-3-5-9-4-1-2-6-10(9)11/h3,5,7-8,16H,1-2,4,6H2,(H,14,15)/b13-8+. The molecular formula is C12H14N2O2. The maximum Gasteiger partial charge on any atom is 0.270 e. The highest BCUT2D eigenvalue weighted by molar-refractivity contribution is 6.31. The minimum absolute atomic E-state index is 0.401. The number of benzene rings is 1. The molecule has 0 saturated heterocycles. The van der Waals surface area contributed by atoms with E-state index in [0.717, 1.165) is 31.2 Å². The Morgan fingerprint density at radius 2 is 2.19 bits per heavy atom. The summed E-state index contributed by atoms with van der Waals surface area (Å²) in [6, 6.07) is 5.92. The number of fused-ring (bicyclic) bond motifs is 1. The SMILES string of the molecule is O=C(/C=N/O)Nc1cccc2c1CCCC2. The Bertz CT molecular complexity index is 427. The topological polar surface area (TPSA) is 61.7 Å². The van der Waals surface area contributed by atoms with Crippen LogP contribution in [0.5, 0.6) is 0 Å². The summed E-state index contributed by atoms with van der Waals surface area (Å²) >= 11 is 0. The van der Waals surface area contributed by atoms with Gasteiger partial charge in [0.2, 0.25) is 0 Å². The molecule has 16 heavy (non-hydrogen) atoms. The zero-order chi connectivity index (χ0) is 11.4. The summed E-state index contributed by atoms with van der Waals surface area (Å²) in [7, 11) is 0. The van der Waals surface area contributed by atoms with Crippen molar-refractivity contribution in [1.29, 1.82) is 0 Å². The van der Waals surface area contributed by atoms with Crippen molar-refractivity contribution in [2.45, 2.75) is 25.7 Å². The van der Waals surface area contributed by atoms with Crippen molar-refractivity contribution in [2.24, 2.45) is 5.16 Å². The van der Waals surface area contributed by atoms with Gasteiger partial charge in [0.15, 0.2) is 0 Å². The number of aryl methyl sites for hydroxylation is 1. The number of oxime groups is 1.